The summed E-state index contributed by atoms with van der Waals surface area (Å²) in [7, 11) is 3.71. The number of hydrogen-bond donors (Lipinski definition) is 1. The van der Waals surface area contributed by atoms with Gasteiger partial charge in [-0.2, -0.15) is 5.26 Å². The maximum absolute atomic E-state index is 8.93. The summed E-state index contributed by atoms with van der Waals surface area (Å²) in [5.41, 5.74) is 2.97. The Morgan fingerprint density at radius 1 is 1.22 bits per heavy atom. The Balaban J connectivity index is 2.35. The van der Waals surface area contributed by atoms with E-state index in [9.17, 15) is 0 Å². The normalized spacial score (nSPS) is 9.17. The van der Waals surface area contributed by atoms with E-state index in [0.29, 0.717) is 11.3 Å². The molecule has 2 rings (SSSR count). The number of hydrogen-bond acceptors (Lipinski definition) is 3. The first-order valence-electron chi connectivity index (χ1n) is 5.44. The molecule has 0 aliphatic rings. The van der Waals surface area contributed by atoms with Crippen LogP contribution in [0.25, 0.3) is 0 Å². The molecule has 1 aromatic carbocycles. The second-order valence-electron chi connectivity index (χ2n) is 3.84. The molecular formula is C14H12N4. The minimum absolute atomic E-state index is 0.590. The van der Waals surface area contributed by atoms with Gasteiger partial charge in [-0.15, -0.1) is 0 Å². The van der Waals surface area contributed by atoms with Crippen LogP contribution in [0.3, 0.4) is 0 Å². The third kappa shape index (κ3) is 2.69. The number of rotatable bonds is 1. The first-order chi connectivity index (χ1) is 8.71. The van der Waals surface area contributed by atoms with Crippen molar-refractivity contribution in [2.24, 2.45) is 7.05 Å². The Hall–Kier alpha value is -2.72. The Bertz CT molecular complexity index is 665. The number of aryl methyl sites for hydroxylation is 1. The summed E-state index contributed by atoms with van der Waals surface area (Å²) in [5, 5.41) is 11.9. The van der Waals surface area contributed by atoms with Crippen molar-refractivity contribution >= 4 is 5.69 Å². The third-order valence-electron chi connectivity index (χ3n) is 2.39. The van der Waals surface area contributed by atoms with Gasteiger partial charge in [0.15, 0.2) is 0 Å². The van der Waals surface area contributed by atoms with Crippen LogP contribution in [0, 0.1) is 23.2 Å². The fraction of sp³-hybridized carbons (Fsp3) is 0.143. The summed E-state index contributed by atoms with van der Waals surface area (Å²) >= 11 is 0. The molecule has 0 fully saturated rings. The first kappa shape index (κ1) is 11.8. The highest BCUT2D eigenvalue weighted by atomic mass is 15.0. The third-order valence-corrected chi connectivity index (χ3v) is 2.39. The van der Waals surface area contributed by atoms with E-state index in [1.165, 1.54) is 0 Å². The van der Waals surface area contributed by atoms with E-state index in [0.717, 1.165) is 11.3 Å². The van der Waals surface area contributed by atoms with E-state index in [4.69, 9.17) is 5.26 Å². The van der Waals surface area contributed by atoms with Crippen molar-refractivity contribution in [3.05, 3.63) is 47.5 Å². The molecule has 0 saturated heterocycles. The number of benzene rings is 1. The number of imidazole rings is 1. The van der Waals surface area contributed by atoms with Gasteiger partial charge in [-0.3, -0.25) is 0 Å². The average Bonchev–Trinajstić information content (AvgIpc) is 2.81. The van der Waals surface area contributed by atoms with Gasteiger partial charge < -0.3 is 9.88 Å². The van der Waals surface area contributed by atoms with Crippen LogP contribution in [0.1, 0.15) is 16.8 Å². The zero-order chi connectivity index (χ0) is 13.0. The monoisotopic (exact) mass is 236 g/mol. The molecular weight excluding hydrogens is 224 g/mol. The Kier molecular flexibility index (Phi) is 3.31. The standard InChI is InChI=1S/C14H12N4/c1-16-14-6-11(5-12(7-14)8-15)3-4-13-9-18(2)10-17-13/h5-7,9-10,16H,1-2H3. The molecule has 1 aromatic heterocycles. The van der Waals surface area contributed by atoms with Gasteiger partial charge in [-0.05, 0) is 24.1 Å². The van der Waals surface area contributed by atoms with E-state index in [2.05, 4.69) is 28.2 Å². The summed E-state index contributed by atoms with van der Waals surface area (Å²) in [6, 6.07) is 7.56. The van der Waals surface area contributed by atoms with Crippen LogP contribution in [-0.4, -0.2) is 16.6 Å². The van der Waals surface area contributed by atoms with Crippen molar-refractivity contribution in [2.75, 3.05) is 12.4 Å². The van der Waals surface area contributed by atoms with Gasteiger partial charge in [0.25, 0.3) is 0 Å². The Morgan fingerprint density at radius 2 is 2.00 bits per heavy atom. The molecule has 0 aliphatic carbocycles. The fourth-order valence-corrected chi connectivity index (χ4v) is 1.52. The lowest BCUT2D eigenvalue weighted by Crippen LogP contribution is -1.90. The van der Waals surface area contributed by atoms with Crippen molar-refractivity contribution in [3.63, 3.8) is 0 Å². The van der Waals surface area contributed by atoms with Gasteiger partial charge in [0.1, 0.15) is 5.69 Å². The maximum Gasteiger partial charge on any atom is 0.131 e. The van der Waals surface area contributed by atoms with Crippen LogP contribution in [-0.2, 0) is 7.05 Å². The second-order valence-corrected chi connectivity index (χ2v) is 3.84. The van der Waals surface area contributed by atoms with Crippen molar-refractivity contribution in [3.8, 4) is 17.9 Å². The van der Waals surface area contributed by atoms with Gasteiger partial charge in [0, 0.05) is 31.5 Å². The zero-order valence-electron chi connectivity index (χ0n) is 10.2. The van der Waals surface area contributed by atoms with Crippen LogP contribution in [0.15, 0.2) is 30.7 Å². The highest BCUT2D eigenvalue weighted by Crippen LogP contribution is 2.13. The van der Waals surface area contributed by atoms with E-state index < -0.39 is 0 Å². The van der Waals surface area contributed by atoms with Crippen molar-refractivity contribution in [1.82, 2.24) is 9.55 Å². The predicted molar refractivity (Wildman–Crippen MR) is 69.9 cm³/mol. The average molecular weight is 236 g/mol. The zero-order valence-corrected chi connectivity index (χ0v) is 10.2. The minimum Gasteiger partial charge on any atom is -0.388 e. The Morgan fingerprint density at radius 3 is 2.61 bits per heavy atom. The van der Waals surface area contributed by atoms with Crippen LogP contribution < -0.4 is 5.32 Å². The molecule has 0 bridgehead atoms. The molecule has 4 nitrogen and oxygen atoms in total. The molecule has 0 aliphatic heterocycles. The summed E-state index contributed by atoms with van der Waals surface area (Å²) < 4.78 is 1.84. The van der Waals surface area contributed by atoms with Gasteiger partial charge >= 0.3 is 0 Å². The van der Waals surface area contributed by atoms with E-state index in [1.54, 1.807) is 18.5 Å². The summed E-state index contributed by atoms with van der Waals surface area (Å²) in [4.78, 5) is 4.12. The fourth-order valence-electron chi connectivity index (χ4n) is 1.52. The number of aromatic nitrogens is 2. The molecule has 0 spiro atoms. The molecule has 4 heteroatoms. The quantitative estimate of drug-likeness (QED) is 0.767. The minimum atomic E-state index is 0.590. The molecule has 88 valence electrons. The van der Waals surface area contributed by atoms with E-state index >= 15 is 0 Å². The van der Waals surface area contributed by atoms with Crippen LogP contribution in [0.2, 0.25) is 0 Å². The molecule has 0 amide bonds. The first-order valence-corrected chi connectivity index (χ1v) is 5.44. The molecule has 0 radical (unpaired) electrons. The lowest BCUT2D eigenvalue weighted by molar-refractivity contribution is 0.913. The molecule has 18 heavy (non-hydrogen) atoms. The number of nitrogens with one attached hydrogen (secondary N) is 1. The summed E-state index contributed by atoms with van der Waals surface area (Å²) in [5.74, 6) is 5.97. The molecule has 1 N–H and O–H groups in total. The molecule has 0 unspecified atom stereocenters. The second kappa shape index (κ2) is 5.07. The van der Waals surface area contributed by atoms with E-state index in [1.807, 2.05) is 30.9 Å². The highest BCUT2D eigenvalue weighted by molar-refractivity contribution is 5.56. The molecule has 2 aromatic rings. The van der Waals surface area contributed by atoms with E-state index in [-0.39, 0.29) is 0 Å². The number of anilines is 1. The van der Waals surface area contributed by atoms with Crippen LogP contribution in [0.4, 0.5) is 5.69 Å². The van der Waals surface area contributed by atoms with Gasteiger partial charge in [0.2, 0.25) is 0 Å². The molecule has 0 saturated carbocycles. The largest absolute Gasteiger partial charge is 0.388 e. The summed E-state index contributed by atoms with van der Waals surface area (Å²) in [6.45, 7) is 0. The van der Waals surface area contributed by atoms with Crippen molar-refractivity contribution < 1.29 is 0 Å². The SMILES string of the molecule is CNc1cc(C#N)cc(C#Cc2cn(C)cn2)c1. The Labute approximate surface area is 106 Å². The lowest BCUT2D eigenvalue weighted by Gasteiger charge is -2.00. The smallest absolute Gasteiger partial charge is 0.131 e. The molecule has 0 atom stereocenters. The predicted octanol–water partition coefficient (Wildman–Crippen LogP) is 1.73. The number of nitriles is 1. The maximum atomic E-state index is 8.93. The van der Waals surface area contributed by atoms with Crippen LogP contribution in [0.5, 0.6) is 0 Å². The number of nitrogens with zero attached hydrogens (tertiary/aromatic N) is 3. The molecule has 1 heterocycles. The lowest BCUT2D eigenvalue weighted by atomic mass is 10.1. The van der Waals surface area contributed by atoms with Gasteiger partial charge in [-0.1, -0.05) is 5.92 Å². The summed E-state index contributed by atoms with van der Waals surface area (Å²) in [6.07, 6.45) is 3.55. The van der Waals surface area contributed by atoms with Crippen molar-refractivity contribution in [1.29, 1.82) is 5.26 Å². The highest BCUT2D eigenvalue weighted by Gasteiger charge is 1.97. The van der Waals surface area contributed by atoms with Crippen molar-refractivity contribution in [2.45, 2.75) is 0 Å². The topological polar surface area (TPSA) is 53.6 Å². The van der Waals surface area contributed by atoms with Gasteiger partial charge in [0.05, 0.1) is 18.0 Å². The van der Waals surface area contributed by atoms with Crippen LogP contribution >= 0.6 is 0 Å². The van der Waals surface area contributed by atoms with Gasteiger partial charge in [-0.25, -0.2) is 4.98 Å².